The molecule has 0 unspecified atom stereocenters. The highest BCUT2D eigenvalue weighted by molar-refractivity contribution is 7.89. The van der Waals surface area contributed by atoms with Crippen molar-refractivity contribution in [1.82, 2.24) is 4.31 Å². The molecule has 1 aromatic rings. The monoisotopic (exact) mass is 341 g/mol. The molecule has 1 aliphatic heterocycles. The maximum absolute atomic E-state index is 12.8. The van der Waals surface area contributed by atoms with E-state index in [1.807, 2.05) is 0 Å². The maximum Gasteiger partial charge on any atom is 0.338 e. The van der Waals surface area contributed by atoms with Crippen molar-refractivity contribution in [3.05, 3.63) is 29.3 Å². The topological polar surface area (TPSA) is 101 Å². The summed E-state index contributed by atoms with van der Waals surface area (Å²) in [5, 5.41) is 9.20. The second kappa shape index (κ2) is 6.67. The Morgan fingerprint density at radius 2 is 2.09 bits per heavy atom. The minimum atomic E-state index is -3.99. The summed E-state index contributed by atoms with van der Waals surface area (Å²) in [6.45, 7) is 3.60. The highest BCUT2D eigenvalue weighted by atomic mass is 32.2. The Morgan fingerprint density at radius 1 is 1.39 bits per heavy atom. The number of esters is 1. The van der Waals surface area contributed by atoms with E-state index in [0.717, 1.165) is 4.31 Å². The van der Waals surface area contributed by atoms with Gasteiger partial charge in [-0.2, -0.15) is 4.31 Å². The lowest BCUT2D eigenvalue weighted by Crippen LogP contribution is -2.40. The number of carboxylic acids is 1. The second-order valence-corrected chi connectivity index (χ2v) is 7.17. The fourth-order valence-electron chi connectivity index (χ4n) is 2.62. The minimum Gasteiger partial charge on any atom is -0.480 e. The van der Waals surface area contributed by atoms with E-state index in [2.05, 4.69) is 0 Å². The van der Waals surface area contributed by atoms with Crippen molar-refractivity contribution in [2.45, 2.75) is 37.6 Å². The largest absolute Gasteiger partial charge is 0.480 e. The lowest BCUT2D eigenvalue weighted by atomic mass is 10.1. The zero-order valence-electron chi connectivity index (χ0n) is 13.0. The molecule has 0 radical (unpaired) electrons. The van der Waals surface area contributed by atoms with E-state index in [1.165, 1.54) is 18.2 Å². The first-order valence-corrected chi connectivity index (χ1v) is 8.75. The summed E-state index contributed by atoms with van der Waals surface area (Å²) < 4.78 is 31.5. The molecule has 1 aliphatic rings. The number of carbonyl (C=O) groups excluding carboxylic acids is 1. The molecular weight excluding hydrogens is 322 g/mol. The van der Waals surface area contributed by atoms with Crippen molar-refractivity contribution in [3.63, 3.8) is 0 Å². The van der Waals surface area contributed by atoms with E-state index >= 15 is 0 Å². The molecule has 8 heteroatoms. The molecule has 1 saturated heterocycles. The SMILES string of the molecule is CCOC(=O)c1ccc(C)c(S(=O)(=O)N2CCC[C@@H]2C(=O)O)c1. The van der Waals surface area contributed by atoms with Gasteiger partial charge < -0.3 is 9.84 Å². The average Bonchev–Trinajstić information content (AvgIpc) is 2.98. The van der Waals surface area contributed by atoms with Gasteiger partial charge in [0.25, 0.3) is 0 Å². The van der Waals surface area contributed by atoms with Crippen LogP contribution in [-0.4, -0.2) is 49.0 Å². The van der Waals surface area contributed by atoms with Crippen molar-refractivity contribution in [2.24, 2.45) is 0 Å². The van der Waals surface area contributed by atoms with Gasteiger partial charge in [-0.25, -0.2) is 13.2 Å². The Kier molecular flexibility index (Phi) is 5.06. The third kappa shape index (κ3) is 3.37. The standard InChI is InChI=1S/C15H19NO6S/c1-3-22-15(19)11-7-6-10(2)13(9-11)23(20,21)16-8-4-5-12(16)14(17)18/h6-7,9,12H,3-5,8H2,1-2H3,(H,17,18)/t12-/m1/s1. The highest BCUT2D eigenvalue weighted by Crippen LogP contribution is 2.28. The zero-order chi connectivity index (χ0) is 17.2. The Morgan fingerprint density at radius 3 is 2.70 bits per heavy atom. The minimum absolute atomic E-state index is 0.0591. The summed E-state index contributed by atoms with van der Waals surface area (Å²) in [6.07, 6.45) is 0.776. The van der Waals surface area contributed by atoms with Crippen molar-refractivity contribution in [1.29, 1.82) is 0 Å². The lowest BCUT2D eigenvalue weighted by Gasteiger charge is -2.22. The molecule has 0 bridgehead atoms. The van der Waals surface area contributed by atoms with Crippen molar-refractivity contribution in [3.8, 4) is 0 Å². The van der Waals surface area contributed by atoms with E-state index < -0.39 is 28.0 Å². The molecule has 1 atom stereocenters. The molecule has 126 valence electrons. The predicted molar refractivity (Wildman–Crippen MR) is 81.7 cm³/mol. The first kappa shape index (κ1) is 17.4. The number of ether oxygens (including phenoxy) is 1. The molecule has 0 spiro atoms. The van der Waals surface area contributed by atoms with Crippen LogP contribution < -0.4 is 0 Å². The number of hydrogen-bond donors (Lipinski definition) is 1. The van der Waals surface area contributed by atoms with Crippen molar-refractivity contribution < 1.29 is 27.9 Å². The smallest absolute Gasteiger partial charge is 0.338 e. The summed E-state index contributed by atoms with van der Waals surface area (Å²) >= 11 is 0. The van der Waals surface area contributed by atoms with Crippen LogP contribution in [-0.2, 0) is 19.6 Å². The van der Waals surface area contributed by atoms with Gasteiger partial charge in [-0.1, -0.05) is 6.07 Å². The van der Waals surface area contributed by atoms with E-state index in [1.54, 1.807) is 13.8 Å². The van der Waals surface area contributed by atoms with Gasteiger partial charge in [0.05, 0.1) is 17.1 Å². The molecule has 0 amide bonds. The fraction of sp³-hybridized carbons (Fsp3) is 0.467. The van der Waals surface area contributed by atoms with Crippen LogP contribution in [0.5, 0.6) is 0 Å². The second-order valence-electron chi connectivity index (χ2n) is 5.31. The Labute approximate surface area is 134 Å². The van der Waals surface area contributed by atoms with Crippen LogP contribution in [0.2, 0.25) is 0 Å². The Hall–Kier alpha value is -1.93. The first-order chi connectivity index (χ1) is 10.8. The van der Waals surface area contributed by atoms with E-state index in [0.29, 0.717) is 12.0 Å². The van der Waals surface area contributed by atoms with Crippen LogP contribution >= 0.6 is 0 Å². The van der Waals surface area contributed by atoms with E-state index in [9.17, 15) is 23.1 Å². The van der Waals surface area contributed by atoms with Crippen molar-refractivity contribution >= 4 is 22.0 Å². The number of carboxylic acid groups (broad SMARTS) is 1. The molecular formula is C15H19NO6S. The molecule has 0 saturated carbocycles. The number of carbonyl (C=O) groups is 2. The van der Waals surface area contributed by atoms with E-state index in [-0.39, 0.29) is 30.0 Å². The number of rotatable bonds is 5. The van der Waals surface area contributed by atoms with Crippen LogP contribution in [0.3, 0.4) is 0 Å². The normalized spacial score (nSPS) is 18.8. The number of benzene rings is 1. The summed E-state index contributed by atoms with van der Waals surface area (Å²) in [6, 6.07) is 3.20. The Balaban J connectivity index is 2.45. The zero-order valence-corrected chi connectivity index (χ0v) is 13.8. The quantitative estimate of drug-likeness (QED) is 0.813. The van der Waals surface area contributed by atoms with Gasteiger partial charge in [0.2, 0.25) is 10.0 Å². The molecule has 0 aromatic heterocycles. The maximum atomic E-state index is 12.8. The van der Waals surface area contributed by atoms with Gasteiger partial charge in [0.1, 0.15) is 6.04 Å². The Bertz CT molecular complexity index is 727. The van der Waals surface area contributed by atoms with Gasteiger partial charge in [0, 0.05) is 6.54 Å². The molecule has 1 N–H and O–H groups in total. The third-order valence-electron chi connectivity index (χ3n) is 3.77. The van der Waals surface area contributed by atoms with Gasteiger partial charge in [0.15, 0.2) is 0 Å². The molecule has 1 fully saturated rings. The number of aryl methyl sites for hydroxylation is 1. The third-order valence-corrected chi connectivity index (χ3v) is 5.82. The van der Waals surface area contributed by atoms with Gasteiger partial charge in [-0.05, 0) is 44.4 Å². The molecule has 7 nitrogen and oxygen atoms in total. The van der Waals surface area contributed by atoms with Crippen LogP contribution in [0.25, 0.3) is 0 Å². The number of nitrogens with zero attached hydrogens (tertiary/aromatic N) is 1. The lowest BCUT2D eigenvalue weighted by molar-refractivity contribution is -0.140. The summed E-state index contributed by atoms with van der Waals surface area (Å²) in [5.41, 5.74) is 0.580. The molecule has 0 aliphatic carbocycles. The van der Waals surface area contributed by atoms with Crippen molar-refractivity contribution in [2.75, 3.05) is 13.2 Å². The summed E-state index contributed by atoms with van der Waals surface area (Å²) in [5.74, 6) is -1.77. The van der Waals surface area contributed by atoms with Crippen LogP contribution in [0.1, 0.15) is 35.7 Å². The van der Waals surface area contributed by atoms with Crippen LogP contribution in [0, 0.1) is 6.92 Å². The fourth-order valence-corrected chi connectivity index (χ4v) is 4.52. The highest BCUT2D eigenvalue weighted by Gasteiger charge is 2.40. The first-order valence-electron chi connectivity index (χ1n) is 7.31. The van der Waals surface area contributed by atoms with Crippen LogP contribution in [0.15, 0.2) is 23.1 Å². The van der Waals surface area contributed by atoms with Gasteiger partial charge >= 0.3 is 11.9 Å². The van der Waals surface area contributed by atoms with Gasteiger partial charge in [-0.15, -0.1) is 0 Å². The summed E-state index contributed by atoms with van der Waals surface area (Å²) in [4.78, 5) is 23.0. The molecule has 2 rings (SSSR count). The molecule has 1 aromatic carbocycles. The van der Waals surface area contributed by atoms with E-state index in [4.69, 9.17) is 4.74 Å². The number of aliphatic carboxylic acids is 1. The summed E-state index contributed by atoms with van der Waals surface area (Å²) in [7, 11) is -3.99. The number of hydrogen-bond acceptors (Lipinski definition) is 5. The van der Waals surface area contributed by atoms with Crippen LogP contribution in [0.4, 0.5) is 0 Å². The molecule has 1 heterocycles. The molecule has 23 heavy (non-hydrogen) atoms. The predicted octanol–water partition coefficient (Wildman–Crippen LogP) is 1.41. The number of sulfonamides is 1. The average molecular weight is 341 g/mol. The van der Waals surface area contributed by atoms with Gasteiger partial charge in [-0.3, -0.25) is 4.79 Å².